The number of nitrogens with zero attached hydrogens (tertiary/aromatic N) is 1. The molecule has 162 valence electrons. The monoisotopic (exact) mass is 455 g/mol. The molecule has 4 rings (SSSR count). The maximum atomic E-state index is 13.3. The topological polar surface area (TPSA) is 93.5 Å². The third kappa shape index (κ3) is 5.22. The number of nitrogens with one attached hydrogen (secondary N) is 2. The lowest BCUT2D eigenvalue weighted by Gasteiger charge is -2.10. The third-order valence-corrected chi connectivity index (χ3v) is 4.91. The lowest BCUT2D eigenvalue weighted by atomic mass is 10.2. The second-order valence-corrected chi connectivity index (χ2v) is 7.31. The lowest BCUT2D eigenvalue weighted by molar-refractivity contribution is 0.106. The van der Waals surface area contributed by atoms with Crippen LogP contribution in [-0.4, -0.2) is 16.1 Å². The first-order chi connectivity index (χ1) is 15.5. The summed E-state index contributed by atoms with van der Waals surface area (Å²) < 4.78 is 39.7. The number of carbonyl (C=O) groups is 2. The maximum absolute atomic E-state index is 13.3. The van der Waals surface area contributed by atoms with Crippen LogP contribution in [0.4, 0.5) is 19.3 Å². The van der Waals surface area contributed by atoms with E-state index in [1.165, 1.54) is 6.07 Å². The van der Waals surface area contributed by atoms with Gasteiger partial charge in [0, 0.05) is 41.5 Å². The number of anilines is 1. The van der Waals surface area contributed by atoms with Gasteiger partial charge in [0.2, 0.25) is 0 Å². The first kappa shape index (κ1) is 21.3. The van der Waals surface area contributed by atoms with E-state index in [-0.39, 0.29) is 12.4 Å². The number of furan rings is 1. The Morgan fingerprint density at radius 3 is 2.75 bits per heavy atom. The van der Waals surface area contributed by atoms with Crippen LogP contribution in [0.2, 0.25) is 0 Å². The molecule has 0 aliphatic heterocycles. The van der Waals surface area contributed by atoms with Crippen molar-refractivity contribution in [3.05, 3.63) is 89.9 Å². The Kier molecular flexibility index (Phi) is 6.31. The second kappa shape index (κ2) is 9.48. The maximum Gasteiger partial charge on any atom is 0.329 e. The van der Waals surface area contributed by atoms with Crippen LogP contribution in [0.3, 0.4) is 0 Å². The van der Waals surface area contributed by atoms with Crippen molar-refractivity contribution in [3.63, 3.8) is 0 Å². The largest absolute Gasteiger partial charge is 0.489 e. The van der Waals surface area contributed by atoms with Crippen LogP contribution in [0, 0.1) is 11.6 Å². The van der Waals surface area contributed by atoms with Gasteiger partial charge < -0.3 is 14.5 Å². The molecule has 0 atom stereocenters. The molecule has 2 aromatic carbocycles. The van der Waals surface area contributed by atoms with Gasteiger partial charge in [-0.25, -0.2) is 13.6 Å². The molecule has 10 heteroatoms. The molecule has 0 spiro atoms. The summed E-state index contributed by atoms with van der Waals surface area (Å²) in [5, 5.41) is 2.79. The zero-order valence-electron chi connectivity index (χ0n) is 16.3. The van der Waals surface area contributed by atoms with Crippen molar-refractivity contribution in [3.8, 4) is 5.75 Å². The molecule has 0 fully saturated rings. The second-order valence-electron chi connectivity index (χ2n) is 6.53. The van der Waals surface area contributed by atoms with Gasteiger partial charge in [-0.3, -0.25) is 14.5 Å². The molecule has 0 radical (unpaired) electrons. The molecular weight excluding hydrogens is 440 g/mol. The first-order valence-electron chi connectivity index (χ1n) is 9.26. The van der Waals surface area contributed by atoms with E-state index >= 15 is 0 Å². The van der Waals surface area contributed by atoms with Gasteiger partial charge in [0.1, 0.15) is 17.9 Å². The fraction of sp³-hybridized carbons (Fsp3) is 0.0455. The zero-order valence-corrected chi connectivity index (χ0v) is 17.1. The number of ether oxygens (including phenoxy) is 1. The zero-order chi connectivity index (χ0) is 22.5. The summed E-state index contributed by atoms with van der Waals surface area (Å²) in [6.45, 7) is 0.0181. The summed E-state index contributed by atoms with van der Waals surface area (Å²) >= 11 is 0.574. The summed E-state index contributed by atoms with van der Waals surface area (Å²) in [6, 6.07) is 12.5. The lowest BCUT2D eigenvalue weighted by Crippen LogP contribution is -2.24. The highest BCUT2D eigenvalue weighted by molar-refractivity contribution is 8.12. The van der Waals surface area contributed by atoms with Crippen molar-refractivity contribution in [2.24, 2.45) is 0 Å². The fourth-order valence-electron chi connectivity index (χ4n) is 2.74. The molecule has 32 heavy (non-hydrogen) atoms. The molecule has 2 aromatic heterocycles. The number of hydrogen-bond acceptors (Lipinski definition) is 6. The molecule has 7 nitrogen and oxygen atoms in total. The number of amides is 2. The van der Waals surface area contributed by atoms with Crippen LogP contribution in [-0.2, 0) is 6.61 Å². The highest BCUT2D eigenvalue weighted by Gasteiger charge is 2.15. The normalized spacial score (nSPS) is 10.7. The summed E-state index contributed by atoms with van der Waals surface area (Å²) in [5.74, 6) is -1.39. The molecular formula is C22H15F2N3O4S. The van der Waals surface area contributed by atoms with Gasteiger partial charge in [0.05, 0.1) is 0 Å². The molecule has 0 unspecified atom stereocenters. The predicted molar refractivity (Wildman–Crippen MR) is 115 cm³/mol. The van der Waals surface area contributed by atoms with E-state index in [9.17, 15) is 18.4 Å². The minimum absolute atomic E-state index is 0.0181. The average Bonchev–Trinajstić information content (AvgIpc) is 3.23. The third-order valence-electron chi connectivity index (χ3n) is 4.24. The minimum Gasteiger partial charge on any atom is -0.489 e. The number of hydrogen-bond donors (Lipinski definition) is 2. The number of rotatable bonds is 5. The summed E-state index contributed by atoms with van der Waals surface area (Å²) in [4.78, 5) is 28.3. The van der Waals surface area contributed by atoms with E-state index in [2.05, 4.69) is 15.0 Å². The Morgan fingerprint density at radius 1 is 1.06 bits per heavy atom. The Balaban J connectivity index is 1.30. The quantitative estimate of drug-likeness (QED) is 0.397. The molecule has 2 N–H and O–H groups in total. The van der Waals surface area contributed by atoms with Gasteiger partial charge in [-0.1, -0.05) is 12.1 Å². The van der Waals surface area contributed by atoms with Gasteiger partial charge >= 0.3 is 6.03 Å². The van der Waals surface area contributed by atoms with Crippen LogP contribution in [0.15, 0.2) is 71.4 Å². The van der Waals surface area contributed by atoms with E-state index in [1.807, 2.05) is 0 Å². The number of aromatic nitrogens is 1. The fourth-order valence-corrected chi connectivity index (χ4v) is 3.18. The van der Waals surface area contributed by atoms with Crippen LogP contribution < -0.4 is 14.8 Å². The van der Waals surface area contributed by atoms with E-state index in [1.54, 1.807) is 48.8 Å². The van der Waals surface area contributed by atoms with Crippen LogP contribution in [0.5, 0.6) is 5.75 Å². The Labute approximate surface area is 184 Å². The van der Waals surface area contributed by atoms with Crippen molar-refractivity contribution in [1.29, 1.82) is 0 Å². The van der Waals surface area contributed by atoms with Crippen LogP contribution >= 0.6 is 11.9 Å². The van der Waals surface area contributed by atoms with Crippen LogP contribution in [0.25, 0.3) is 11.0 Å². The highest BCUT2D eigenvalue weighted by atomic mass is 32.2. The number of benzene rings is 2. The molecule has 0 saturated carbocycles. The van der Waals surface area contributed by atoms with E-state index < -0.39 is 22.8 Å². The number of pyridine rings is 1. The van der Waals surface area contributed by atoms with Gasteiger partial charge in [-0.2, -0.15) is 0 Å². The van der Waals surface area contributed by atoms with Gasteiger partial charge in [0.25, 0.3) is 5.12 Å². The smallest absolute Gasteiger partial charge is 0.329 e. The van der Waals surface area contributed by atoms with E-state index in [4.69, 9.17) is 9.15 Å². The summed E-state index contributed by atoms with van der Waals surface area (Å²) in [7, 11) is 0. The molecule has 0 bridgehead atoms. The average molecular weight is 455 g/mol. The number of fused-ring (bicyclic) bond motifs is 1. The number of urea groups is 1. The van der Waals surface area contributed by atoms with Gasteiger partial charge in [0.15, 0.2) is 17.4 Å². The molecule has 2 heterocycles. The SMILES string of the molecule is O=C(NSC(=O)c1cc2cnccc2o1)Nc1cccc(OCc2ccc(F)c(F)c2)c1. The number of halogens is 2. The van der Waals surface area contributed by atoms with Crippen LogP contribution in [0.1, 0.15) is 16.1 Å². The molecule has 0 saturated heterocycles. The number of carbonyl (C=O) groups excluding carboxylic acids is 2. The van der Waals surface area contributed by atoms with Crippen molar-refractivity contribution < 1.29 is 27.5 Å². The summed E-state index contributed by atoms with van der Waals surface area (Å²) in [6.07, 6.45) is 3.12. The van der Waals surface area contributed by atoms with Crippen molar-refractivity contribution in [2.45, 2.75) is 6.61 Å². The molecule has 0 aliphatic carbocycles. The minimum atomic E-state index is -0.954. The van der Waals surface area contributed by atoms with E-state index in [0.29, 0.717) is 39.9 Å². The molecule has 2 amide bonds. The molecule has 0 aliphatic rings. The predicted octanol–water partition coefficient (Wildman–Crippen LogP) is 5.30. The summed E-state index contributed by atoms with van der Waals surface area (Å²) in [5.41, 5.74) is 1.39. The van der Waals surface area contributed by atoms with E-state index in [0.717, 1.165) is 12.1 Å². The van der Waals surface area contributed by atoms with Crippen molar-refractivity contribution in [2.75, 3.05) is 5.32 Å². The Morgan fingerprint density at radius 2 is 1.94 bits per heavy atom. The Hall–Kier alpha value is -3.92. The molecule has 4 aromatic rings. The first-order valence-corrected chi connectivity index (χ1v) is 10.1. The van der Waals surface area contributed by atoms with Crippen molar-refractivity contribution in [1.82, 2.24) is 9.71 Å². The van der Waals surface area contributed by atoms with Gasteiger partial charge in [-0.15, -0.1) is 0 Å². The highest BCUT2D eigenvalue weighted by Crippen LogP contribution is 2.22. The standard InChI is InChI=1S/C22H15F2N3O4S/c23-17-5-4-13(8-18(17)24)12-30-16-3-1-2-15(10-16)26-22(29)27-32-21(28)20-9-14-11-25-7-6-19(14)31-20/h1-11H,12H2,(H2,26,27,29). The van der Waals surface area contributed by atoms with Crippen molar-refractivity contribution >= 4 is 39.8 Å². The Bertz CT molecular complexity index is 1260. The van der Waals surface area contributed by atoms with Gasteiger partial charge in [-0.05, 0) is 42.0 Å².